The van der Waals surface area contributed by atoms with E-state index >= 15 is 0 Å². The van der Waals surface area contributed by atoms with Crippen LogP contribution in [0, 0.1) is 0 Å². The Hall–Kier alpha value is -0.160. The first-order chi connectivity index (χ1) is 9.36. The summed E-state index contributed by atoms with van der Waals surface area (Å²) in [7, 11) is 0. The number of aliphatic hydroxyl groups is 1. The third-order valence-corrected chi connectivity index (χ3v) is 3.99. The second kappa shape index (κ2) is 11.6. The van der Waals surface area contributed by atoms with E-state index in [4.69, 9.17) is 10.8 Å². The van der Waals surface area contributed by atoms with Crippen molar-refractivity contribution in [3.05, 3.63) is 0 Å². The lowest BCUT2D eigenvalue weighted by Gasteiger charge is -2.21. The van der Waals surface area contributed by atoms with E-state index in [0.717, 1.165) is 19.4 Å². The van der Waals surface area contributed by atoms with Gasteiger partial charge >= 0.3 is 0 Å². The molecule has 1 rings (SSSR count). The fourth-order valence-electron chi connectivity index (χ4n) is 2.75. The van der Waals surface area contributed by atoms with E-state index in [1.165, 1.54) is 71.4 Å². The van der Waals surface area contributed by atoms with Crippen LogP contribution in [0.3, 0.4) is 0 Å². The molecule has 4 heteroatoms. The van der Waals surface area contributed by atoms with Gasteiger partial charge in [0.15, 0.2) is 0 Å². The van der Waals surface area contributed by atoms with Gasteiger partial charge in [0, 0.05) is 19.7 Å². The van der Waals surface area contributed by atoms with Gasteiger partial charge in [-0.05, 0) is 64.8 Å². The van der Waals surface area contributed by atoms with Crippen molar-refractivity contribution in [2.75, 3.05) is 52.4 Å². The number of unbranched alkanes of at least 4 members (excludes halogenated alkanes) is 4. The molecule has 4 nitrogen and oxygen atoms in total. The molecule has 0 bridgehead atoms. The number of hydrogen-bond donors (Lipinski definition) is 2. The van der Waals surface area contributed by atoms with Crippen molar-refractivity contribution in [1.29, 1.82) is 0 Å². The zero-order valence-electron chi connectivity index (χ0n) is 12.5. The highest BCUT2D eigenvalue weighted by Gasteiger charge is 2.13. The van der Waals surface area contributed by atoms with Crippen LogP contribution in [-0.2, 0) is 0 Å². The molecule has 0 aromatic rings. The highest BCUT2D eigenvalue weighted by molar-refractivity contribution is 4.69. The van der Waals surface area contributed by atoms with Gasteiger partial charge in [0.2, 0.25) is 0 Å². The number of hydrogen-bond acceptors (Lipinski definition) is 4. The van der Waals surface area contributed by atoms with Crippen LogP contribution in [0.1, 0.15) is 44.9 Å². The fourth-order valence-corrected chi connectivity index (χ4v) is 2.75. The van der Waals surface area contributed by atoms with Crippen LogP contribution < -0.4 is 5.73 Å². The summed E-state index contributed by atoms with van der Waals surface area (Å²) in [6, 6.07) is 0. The Kier molecular flexibility index (Phi) is 10.4. The van der Waals surface area contributed by atoms with Gasteiger partial charge in [0.05, 0.1) is 0 Å². The van der Waals surface area contributed by atoms with E-state index < -0.39 is 0 Å². The van der Waals surface area contributed by atoms with Gasteiger partial charge in [-0.15, -0.1) is 0 Å². The minimum absolute atomic E-state index is 0.349. The van der Waals surface area contributed by atoms with E-state index in [-0.39, 0.29) is 0 Å². The van der Waals surface area contributed by atoms with E-state index in [0.29, 0.717) is 6.61 Å². The Balaban J connectivity index is 2.05. The minimum Gasteiger partial charge on any atom is -0.396 e. The number of nitrogens with zero attached hydrogens (tertiary/aromatic N) is 2. The average Bonchev–Trinajstić information content (AvgIpc) is 2.65. The summed E-state index contributed by atoms with van der Waals surface area (Å²) >= 11 is 0. The summed E-state index contributed by atoms with van der Waals surface area (Å²) in [6.45, 7) is 8.60. The van der Waals surface area contributed by atoms with Gasteiger partial charge in [0.25, 0.3) is 0 Å². The zero-order valence-corrected chi connectivity index (χ0v) is 12.5. The van der Waals surface area contributed by atoms with Crippen molar-refractivity contribution in [2.45, 2.75) is 44.9 Å². The lowest BCUT2D eigenvalue weighted by atomic mass is 10.2. The van der Waals surface area contributed by atoms with Crippen molar-refractivity contribution in [3.8, 4) is 0 Å². The molecule has 0 spiro atoms. The highest BCUT2D eigenvalue weighted by Crippen LogP contribution is 2.07. The van der Waals surface area contributed by atoms with Crippen molar-refractivity contribution >= 4 is 0 Å². The molecule has 114 valence electrons. The minimum atomic E-state index is 0.349. The normalized spacial score (nSPS) is 18.6. The third kappa shape index (κ3) is 8.58. The predicted octanol–water partition coefficient (Wildman–Crippen LogP) is 1.29. The van der Waals surface area contributed by atoms with E-state index in [9.17, 15) is 0 Å². The first-order valence-corrected chi connectivity index (χ1v) is 8.12. The molecular formula is C15H33N3O. The van der Waals surface area contributed by atoms with E-state index in [2.05, 4.69) is 9.80 Å². The van der Waals surface area contributed by atoms with Crippen LogP contribution in [0.5, 0.6) is 0 Å². The topological polar surface area (TPSA) is 52.7 Å². The monoisotopic (exact) mass is 271 g/mol. The highest BCUT2D eigenvalue weighted by atomic mass is 16.2. The Labute approximate surface area is 118 Å². The van der Waals surface area contributed by atoms with E-state index in [1.54, 1.807) is 0 Å². The molecular weight excluding hydrogens is 238 g/mol. The van der Waals surface area contributed by atoms with Crippen molar-refractivity contribution < 1.29 is 5.11 Å². The van der Waals surface area contributed by atoms with Crippen molar-refractivity contribution in [1.82, 2.24) is 9.80 Å². The van der Waals surface area contributed by atoms with Gasteiger partial charge < -0.3 is 20.6 Å². The standard InChI is InChI=1S/C15H33N3O/c16-8-3-5-10-18-12-7-11-17(13-14-18)9-4-1-2-6-15-19/h19H,1-16H2. The molecule has 19 heavy (non-hydrogen) atoms. The summed E-state index contributed by atoms with van der Waals surface area (Å²) in [5.74, 6) is 0. The van der Waals surface area contributed by atoms with Crippen LogP contribution >= 0.6 is 0 Å². The molecule has 0 amide bonds. The maximum absolute atomic E-state index is 8.75. The Bertz CT molecular complexity index is 202. The molecule has 1 saturated heterocycles. The summed E-state index contributed by atoms with van der Waals surface area (Å²) in [5, 5.41) is 8.75. The van der Waals surface area contributed by atoms with Crippen molar-refractivity contribution in [3.63, 3.8) is 0 Å². The van der Waals surface area contributed by atoms with Gasteiger partial charge in [-0.25, -0.2) is 0 Å². The van der Waals surface area contributed by atoms with Crippen LogP contribution in [0.4, 0.5) is 0 Å². The van der Waals surface area contributed by atoms with Gasteiger partial charge in [-0.3, -0.25) is 0 Å². The average molecular weight is 271 g/mol. The maximum Gasteiger partial charge on any atom is 0.0431 e. The molecule has 0 aromatic carbocycles. The zero-order chi connectivity index (χ0) is 13.8. The van der Waals surface area contributed by atoms with Gasteiger partial charge in [-0.2, -0.15) is 0 Å². The molecule has 0 aromatic heterocycles. The Morgan fingerprint density at radius 1 is 0.737 bits per heavy atom. The lowest BCUT2D eigenvalue weighted by Crippen LogP contribution is -2.32. The van der Waals surface area contributed by atoms with Crippen LogP contribution in [0.2, 0.25) is 0 Å². The molecule has 0 unspecified atom stereocenters. The first kappa shape index (κ1) is 16.9. The Morgan fingerprint density at radius 3 is 1.89 bits per heavy atom. The number of aliphatic hydroxyl groups excluding tert-OH is 1. The first-order valence-electron chi connectivity index (χ1n) is 8.12. The fraction of sp³-hybridized carbons (Fsp3) is 1.00. The number of rotatable bonds is 10. The molecule has 0 aliphatic carbocycles. The van der Waals surface area contributed by atoms with Gasteiger partial charge in [-0.1, -0.05) is 12.8 Å². The molecule has 0 atom stereocenters. The molecule has 0 saturated carbocycles. The Morgan fingerprint density at radius 2 is 1.32 bits per heavy atom. The summed E-state index contributed by atoms with van der Waals surface area (Å²) in [4.78, 5) is 5.21. The molecule has 1 heterocycles. The molecule has 1 aliphatic heterocycles. The van der Waals surface area contributed by atoms with Crippen molar-refractivity contribution in [2.24, 2.45) is 5.73 Å². The molecule has 0 radical (unpaired) electrons. The SMILES string of the molecule is NCCCCN1CCCN(CCCCCCO)CC1. The number of nitrogens with two attached hydrogens (primary N) is 1. The van der Waals surface area contributed by atoms with Crippen LogP contribution in [0.25, 0.3) is 0 Å². The summed E-state index contributed by atoms with van der Waals surface area (Å²) < 4.78 is 0. The molecule has 3 N–H and O–H groups in total. The van der Waals surface area contributed by atoms with E-state index in [1.807, 2.05) is 0 Å². The summed E-state index contributed by atoms with van der Waals surface area (Å²) in [6.07, 6.45) is 8.40. The molecule has 1 aliphatic rings. The van der Waals surface area contributed by atoms with Gasteiger partial charge in [0.1, 0.15) is 0 Å². The lowest BCUT2D eigenvalue weighted by molar-refractivity contribution is 0.248. The second-order valence-electron chi connectivity index (χ2n) is 5.67. The summed E-state index contributed by atoms with van der Waals surface area (Å²) in [5.41, 5.74) is 5.54. The van der Waals surface area contributed by atoms with Crippen LogP contribution in [0.15, 0.2) is 0 Å². The van der Waals surface area contributed by atoms with Crippen LogP contribution in [-0.4, -0.2) is 67.3 Å². The molecule has 1 fully saturated rings. The predicted molar refractivity (Wildman–Crippen MR) is 81.3 cm³/mol. The second-order valence-corrected chi connectivity index (χ2v) is 5.67. The maximum atomic E-state index is 8.75. The quantitative estimate of drug-likeness (QED) is 0.588. The third-order valence-electron chi connectivity index (χ3n) is 3.99. The smallest absolute Gasteiger partial charge is 0.0431 e. The largest absolute Gasteiger partial charge is 0.396 e.